The molecule has 4 rings (SSSR count). The number of carbonyl (C=O) groups excluding carboxylic acids is 2. The standard InChI is InChI=1S/C19H13NO2/c1-12-10-11-17(14-7-3-2-6-13(12)14)20-18(21)15-8-4-5-9-16(15)19(20)22/h2-11H,1H3. The third-order valence-corrected chi connectivity index (χ3v) is 4.15. The lowest BCUT2D eigenvalue weighted by molar-refractivity contribution is 0.0926. The van der Waals surface area contributed by atoms with E-state index in [1.807, 2.05) is 43.3 Å². The largest absolute Gasteiger partial charge is 0.268 e. The van der Waals surface area contributed by atoms with Gasteiger partial charge < -0.3 is 0 Å². The predicted molar refractivity (Wildman–Crippen MR) is 86.3 cm³/mol. The molecule has 0 N–H and O–H groups in total. The number of imide groups is 1. The van der Waals surface area contributed by atoms with Crippen LogP contribution < -0.4 is 4.90 Å². The molecule has 1 aliphatic rings. The van der Waals surface area contributed by atoms with Crippen LogP contribution in [0.1, 0.15) is 26.3 Å². The highest BCUT2D eigenvalue weighted by atomic mass is 16.2. The minimum atomic E-state index is -0.255. The molecule has 3 nitrogen and oxygen atoms in total. The van der Waals surface area contributed by atoms with Crippen LogP contribution in [0.5, 0.6) is 0 Å². The summed E-state index contributed by atoms with van der Waals surface area (Å²) in [5.74, 6) is -0.510. The summed E-state index contributed by atoms with van der Waals surface area (Å²) in [4.78, 5) is 26.6. The fourth-order valence-electron chi connectivity index (χ4n) is 3.04. The molecule has 3 aromatic carbocycles. The highest BCUT2D eigenvalue weighted by molar-refractivity contribution is 6.36. The van der Waals surface area contributed by atoms with Crippen LogP contribution in [0.2, 0.25) is 0 Å². The number of carbonyl (C=O) groups is 2. The number of hydrogen-bond donors (Lipinski definition) is 0. The number of nitrogens with zero attached hydrogens (tertiary/aromatic N) is 1. The summed E-state index contributed by atoms with van der Waals surface area (Å²) in [6.45, 7) is 2.02. The van der Waals surface area contributed by atoms with Crippen LogP contribution in [0.25, 0.3) is 10.8 Å². The Balaban J connectivity index is 1.97. The van der Waals surface area contributed by atoms with E-state index in [2.05, 4.69) is 0 Å². The maximum atomic E-state index is 12.6. The molecule has 0 saturated heterocycles. The first-order chi connectivity index (χ1) is 10.7. The van der Waals surface area contributed by atoms with Crippen LogP contribution in [-0.2, 0) is 0 Å². The molecule has 0 spiro atoms. The summed E-state index contributed by atoms with van der Waals surface area (Å²) < 4.78 is 0. The Morgan fingerprint density at radius 1 is 0.682 bits per heavy atom. The summed E-state index contributed by atoms with van der Waals surface area (Å²) in [6, 6.07) is 18.6. The summed E-state index contributed by atoms with van der Waals surface area (Å²) >= 11 is 0. The van der Waals surface area contributed by atoms with Gasteiger partial charge in [-0.05, 0) is 36.1 Å². The predicted octanol–water partition coefficient (Wildman–Crippen LogP) is 3.95. The lowest BCUT2D eigenvalue weighted by Crippen LogP contribution is -2.29. The number of aryl methyl sites for hydroxylation is 1. The summed E-state index contributed by atoms with van der Waals surface area (Å²) in [7, 11) is 0. The maximum absolute atomic E-state index is 12.6. The molecule has 1 heterocycles. The van der Waals surface area contributed by atoms with Crippen molar-refractivity contribution in [2.45, 2.75) is 6.92 Å². The monoisotopic (exact) mass is 287 g/mol. The van der Waals surface area contributed by atoms with E-state index in [9.17, 15) is 9.59 Å². The van der Waals surface area contributed by atoms with E-state index in [1.54, 1.807) is 24.3 Å². The van der Waals surface area contributed by atoms with Crippen molar-refractivity contribution in [3.8, 4) is 0 Å². The number of anilines is 1. The summed E-state index contributed by atoms with van der Waals surface area (Å²) in [5.41, 5.74) is 2.71. The highest BCUT2D eigenvalue weighted by Crippen LogP contribution is 2.34. The van der Waals surface area contributed by atoms with Crippen LogP contribution in [0, 0.1) is 6.92 Å². The third-order valence-electron chi connectivity index (χ3n) is 4.15. The summed E-state index contributed by atoms with van der Waals surface area (Å²) in [6.07, 6.45) is 0. The van der Waals surface area contributed by atoms with Crippen molar-refractivity contribution in [1.29, 1.82) is 0 Å². The molecule has 0 saturated carbocycles. The van der Waals surface area contributed by atoms with Gasteiger partial charge in [-0.15, -0.1) is 0 Å². The molecule has 0 fully saturated rings. The zero-order valence-electron chi connectivity index (χ0n) is 12.0. The molecule has 0 atom stereocenters. The maximum Gasteiger partial charge on any atom is 0.266 e. The molecule has 22 heavy (non-hydrogen) atoms. The van der Waals surface area contributed by atoms with Crippen LogP contribution in [0.4, 0.5) is 5.69 Å². The third kappa shape index (κ3) is 1.62. The van der Waals surface area contributed by atoms with Gasteiger partial charge in [0.05, 0.1) is 16.8 Å². The normalized spacial score (nSPS) is 13.8. The van der Waals surface area contributed by atoms with Crippen molar-refractivity contribution in [2.75, 3.05) is 4.90 Å². The molecule has 0 aromatic heterocycles. The number of hydrogen-bond acceptors (Lipinski definition) is 2. The van der Waals surface area contributed by atoms with Crippen LogP contribution in [-0.4, -0.2) is 11.8 Å². The minimum absolute atomic E-state index is 0.255. The topological polar surface area (TPSA) is 37.4 Å². The van der Waals surface area contributed by atoms with E-state index in [0.717, 1.165) is 16.3 Å². The molecule has 1 aliphatic heterocycles. The highest BCUT2D eigenvalue weighted by Gasteiger charge is 2.36. The SMILES string of the molecule is Cc1ccc(N2C(=O)c3ccccc3C2=O)c2ccccc12. The lowest BCUT2D eigenvalue weighted by atomic mass is 10.0. The van der Waals surface area contributed by atoms with Crippen LogP contribution in [0.3, 0.4) is 0 Å². The Kier molecular flexibility index (Phi) is 2.63. The van der Waals surface area contributed by atoms with Gasteiger partial charge in [0.25, 0.3) is 11.8 Å². The molecule has 0 unspecified atom stereocenters. The molecule has 0 bridgehead atoms. The second kappa shape index (κ2) is 4.53. The van der Waals surface area contributed by atoms with Gasteiger partial charge in [-0.1, -0.05) is 42.5 Å². The molecular weight excluding hydrogens is 274 g/mol. The molecule has 3 aromatic rings. The first-order valence-corrected chi connectivity index (χ1v) is 7.14. The van der Waals surface area contributed by atoms with E-state index in [-0.39, 0.29) is 11.8 Å². The Morgan fingerprint density at radius 3 is 1.86 bits per heavy atom. The van der Waals surface area contributed by atoms with E-state index < -0.39 is 0 Å². The van der Waals surface area contributed by atoms with Gasteiger partial charge in [-0.2, -0.15) is 0 Å². The van der Waals surface area contributed by atoms with Crippen molar-refractivity contribution in [2.24, 2.45) is 0 Å². The van der Waals surface area contributed by atoms with Gasteiger partial charge >= 0.3 is 0 Å². The van der Waals surface area contributed by atoms with E-state index in [4.69, 9.17) is 0 Å². The van der Waals surface area contributed by atoms with E-state index in [1.165, 1.54) is 4.90 Å². The second-order valence-corrected chi connectivity index (χ2v) is 5.44. The van der Waals surface area contributed by atoms with Gasteiger partial charge in [0.2, 0.25) is 0 Å². The second-order valence-electron chi connectivity index (χ2n) is 5.44. The molecule has 0 radical (unpaired) electrons. The van der Waals surface area contributed by atoms with Crippen LogP contribution >= 0.6 is 0 Å². The lowest BCUT2D eigenvalue weighted by Gasteiger charge is -2.17. The van der Waals surface area contributed by atoms with Gasteiger partial charge in [0.1, 0.15) is 0 Å². The zero-order valence-corrected chi connectivity index (χ0v) is 12.0. The quantitative estimate of drug-likeness (QED) is 0.635. The average Bonchev–Trinajstić information content (AvgIpc) is 2.81. The van der Waals surface area contributed by atoms with Crippen molar-refractivity contribution < 1.29 is 9.59 Å². The average molecular weight is 287 g/mol. The Hall–Kier alpha value is -2.94. The van der Waals surface area contributed by atoms with Crippen LogP contribution in [0.15, 0.2) is 60.7 Å². The molecule has 3 heteroatoms. The molecule has 0 aliphatic carbocycles. The van der Waals surface area contributed by atoms with Gasteiger partial charge in [-0.3, -0.25) is 9.59 Å². The fraction of sp³-hybridized carbons (Fsp3) is 0.0526. The van der Waals surface area contributed by atoms with Crippen molar-refractivity contribution in [1.82, 2.24) is 0 Å². The molecule has 106 valence electrons. The Bertz CT molecular complexity index is 908. The first kappa shape index (κ1) is 12.8. The van der Waals surface area contributed by atoms with E-state index in [0.29, 0.717) is 16.8 Å². The van der Waals surface area contributed by atoms with E-state index >= 15 is 0 Å². The Labute approximate surface area is 127 Å². The van der Waals surface area contributed by atoms with Crippen molar-refractivity contribution in [3.05, 3.63) is 77.4 Å². The minimum Gasteiger partial charge on any atom is -0.268 e. The van der Waals surface area contributed by atoms with Gasteiger partial charge in [-0.25, -0.2) is 4.90 Å². The fourth-order valence-corrected chi connectivity index (χ4v) is 3.04. The Morgan fingerprint density at radius 2 is 1.23 bits per heavy atom. The smallest absolute Gasteiger partial charge is 0.266 e. The summed E-state index contributed by atoms with van der Waals surface area (Å²) in [5, 5.41) is 1.97. The number of amides is 2. The number of rotatable bonds is 1. The number of fused-ring (bicyclic) bond motifs is 2. The van der Waals surface area contributed by atoms with Gasteiger partial charge in [0.15, 0.2) is 0 Å². The number of benzene rings is 3. The molecular formula is C19H13NO2. The zero-order chi connectivity index (χ0) is 15.3. The first-order valence-electron chi connectivity index (χ1n) is 7.14. The van der Waals surface area contributed by atoms with Crippen molar-refractivity contribution in [3.63, 3.8) is 0 Å². The van der Waals surface area contributed by atoms with Crippen molar-refractivity contribution >= 4 is 28.3 Å². The van der Waals surface area contributed by atoms with Gasteiger partial charge in [0, 0.05) is 5.39 Å². The molecule has 2 amide bonds.